The minimum atomic E-state index is 0.874. The largest absolute Gasteiger partial charge is 0.381 e. The average Bonchev–Trinajstić information content (AvgIpc) is 2.42. The highest BCUT2D eigenvalue weighted by Crippen LogP contribution is 2.11. The van der Waals surface area contributed by atoms with Gasteiger partial charge in [0.15, 0.2) is 0 Å². The quantitative estimate of drug-likeness (QED) is 0.279. The number of unbranched alkanes of at least 4 members (excludes halogenated alkanes) is 8. The molecular formula is C20H42O. The summed E-state index contributed by atoms with van der Waals surface area (Å²) >= 11 is 0. The van der Waals surface area contributed by atoms with E-state index in [9.17, 15) is 0 Å². The van der Waals surface area contributed by atoms with E-state index in [0.717, 1.165) is 25.0 Å². The molecule has 0 bridgehead atoms. The van der Waals surface area contributed by atoms with Crippen molar-refractivity contribution in [3.63, 3.8) is 0 Å². The minimum Gasteiger partial charge on any atom is -0.381 e. The molecule has 0 aliphatic heterocycles. The van der Waals surface area contributed by atoms with Crippen molar-refractivity contribution in [1.29, 1.82) is 0 Å². The molecule has 0 saturated carbocycles. The number of ether oxygens (including phenoxy) is 1. The van der Waals surface area contributed by atoms with Gasteiger partial charge in [-0.1, -0.05) is 91.9 Å². The van der Waals surface area contributed by atoms with E-state index in [1.165, 1.54) is 77.0 Å². The van der Waals surface area contributed by atoms with Gasteiger partial charge in [0.25, 0.3) is 0 Å². The van der Waals surface area contributed by atoms with Crippen LogP contribution in [0.1, 0.15) is 105 Å². The fourth-order valence-corrected chi connectivity index (χ4v) is 2.68. The monoisotopic (exact) mass is 298 g/mol. The summed E-state index contributed by atoms with van der Waals surface area (Å²) in [6.07, 6.45) is 16.5. The highest BCUT2D eigenvalue weighted by Gasteiger charge is 1.96. The number of hydrogen-bond donors (Lipinski definition) is 0. The molecule has 0 N–H and O–H groups in total. The van der Waals surface area contributed by atoms with Crippen LogP contribution in [0.5, 0.6) is 0 Å². The molecule has 0 atom stereocenters. The maximum atomic E-state index is 5.72. The summed E-state index contributed by atoms with van der Waals surface area (Å²) < 4.78 is 5.72. The minimum absolute atomic E-state index is 0.874. The topological polar surface area (TPSA) is 9.23 Å². The third-order valence-electron chi connectivity index (χ3n) is 4.14. The lowest BCUT2D eigenvalue weighted by molar-refractivity contribution is 0.125. The van der Waals surface area contributed by atoms with Crippen molar-refractivity contribution in [3.05, 3.63) is 0 Å². The lowest BCUT2D eigenvalue weighted by atomic mass is 10.0. The molecule has 1 heteroatoms. The molecule has 0 aromatic heterocycles. The molecule has 0 radical (unpaired) electrons. The molecule has 0 aromatic rings. The predicted octanol–water partition coefficient (Wildman–Crippen LogP) is 7.00. The van der Waals surface area contributed by atoms with Crippen LogP contribution in [0.4, 0.5) is 0 Å². The number of hydrogen-bond acceptors (Lipinski definition) is 1. The molecular weight excluding hydrogens is 256 g/mol. The van der Waals surface area contributed by atoms with Crippen LogP contribution in [0.15, 0.2) is 0 Å². The van der Waals surface area contributed by atoms with Crippen LogP contribution in [-0.4, -0.2) is 13.2 Å². The first kappa shape index (κ1) is 21.0. The number of rotatable bonds is 16. The zero-order valence-electron chi connectivity index (χ0n) is 15.5. The van der Waals surface area contributed by atoms with Crippen LogP contribution >= 0.6 is 0 Å². The zero-order valence-corrected chi connectivity index (χ0v) is 15.5. The summed E-state index contributed by atoms with van der Waals surface area (Å²) in [7, 11) is 0. The highest BCUT2D eigenvalue weighted by molar-refractivity contribution is 4.50. The van der Waals surface area contributed by atoms with Crippen molar-refractivity contribution in [1.82, 2.24) is 0 Å². The standard InChI is InChI=1S/C20H42O/c1-19(2)15-11-7-5-9-13-17-21-18-14-10-6-8-12-16-20(3)4/h19-20H,5-18H2,1-4H3. The summed E-state index contributed by atoms with van der Waals surface area (Å²) in [5, 5.41) is 0. The molecule has 0 aromatic carbocycles. The molecule has 0 amide bonds. The molecule has 0 spiro atoms. The Bertz CT molecular complexity index is 166. The molecule has 1 nitrogen and oxygen atoms in total. The van der Waals surface area contributed by atoms with Crippen molar-refractivity contribution in [3.8, 4) is 0 Å². The average molecular weight is 299 g/mol. The fourth-order valence-electron chi connectivity index (χ4n) is 2.68. The van der Waals surface area contributed by atoms with Gasteiger partial charge in [-0.2, -0.15) is 0 Å². The van der Waals surface area contributed by atoms with Gasteiger partial charge in [0.1, 0.15) is 0 Å². The molecule has 0 saturated heterocycles. The second kappa shape index (κ2) is 16.3. The Morgan fingerprint density at radius 2 is 0.810 bits per heavy atom. The normalized spacial score (nSPS) is 11.7. The van der Waals surface area contributed by atoms with Crippen LogP contribution < -0.4 is 0 Å². The summed E-state index contributed by atoms with van der Waals surface area (Å²) in [4.78, 5) is 0. The van der Waals surface area contributed by atoms with E-state index in [4.69, 9.17) is 4.74 Å². The summed E-state index contributed by atoms with van der Waals surface area (Å²) in [5.74, 6) is 1.75. The maximum absolute atomic E-state index is 5.72. The molecule has 0 rings (SSSR count). The van der Waals surface area contributed by atoms with Crippen molar-refractivity contribution >= 4 is 0 Å². The smallest absolute Gasteiger partial charge is 0.0466 e. The summed E-state index contributed by atoms with van der Waals surface area (Å²) in [5.41, 5.74) is 0. The first-order chi connectivity index (χ1) is 10.1. The first-order valence-electron chi connectivity index (χ1n) is 9.70. The van der Waals surface area contributed by atoms with E-state index >= 15 is 0 Å². The van der Waals surface area contributed by atoms with E-state index in [1.54, 1.807) is 0 Å². The van der Waals surface area contributed by atoms with Crippen LogP contribution in [0.2, 0.25) is 0 Å². The Hall–Kier alpha value is -0.0400. The van der Waals surface area contributed by atoms with Crippen LogP contribution in [0.3, 0.4) is 0 Å². The van der Waals surface area contributed by atoms with Gasteiger partial charge in [-0.3, -0.25) is 0 Å². The van der Waals surface area contributed by atoms with Gasteiger partial charge in [-0.15, -0.1) is 0 Å². The van der Waals surface area contributed by atoms with Crippen LogP contribution in [0.25, 0.3) is 0 Å². The predicted molar refractivity (Wildman–Crippen MR) is 95.9 cm³/mol. The van der Waals surface area contributed by atoms with Crippen molar-refractivity contribution < 1.29 is 4.74 Å². The van der Waals surface area contributed by atoms with Crippen molar-refractivity contribution in [2.75, 3.05) is 13.2 Å². The molecule has 0 aliphatic carbocycles. The second-order valence-electron chi connectivity index (χ2n) is 7.51. The van der Waals surface area contributed by atoms with Crippen molar-refractivity contribution in [2.45, 2.75) is 105 Å². The first-order valence-corrected chi connectivity index (χ1v) is 9.70. The van der Waals surface area contributed by atoms with E-state index in [-0.39, 0.29) is 0 Å². The zero-order chi connectivity index (χ0) is 15.8. The Morgan fingerprint density at radius 1 is 0.476 bits per heavy atom. The van der Waals surface area contributed by atoms with Crippen LogP contribution in [-0.2, 0) is 4.74 Å². The van der Waals surface area contributed by atoms with Gasteiger partial charge >= 0.3 is 0 Å². The summed E-state index contributed by atoms with van der Waals surface area (Å²) in [6.45, 7) is 11.2. The van der Waals surface area contributed by atoms with E-state index < -0.39 is 0 Å². The Balaban J connectivity index is 2.96. The van der Waals surface area contributed by atoms with Gasteiger partial charge in [-0.05, 0) is 24.7 Å². The molecule has 0 aliphatic rings. The lowest BCUT2D eigenvalue weighted by Crippen LogP contribution is -1.97. The van der Waals surface area contributed by atoms with Gasteiger partial charge in [-0.25, -0.2) is 0 Å². The van der Waals surface area contributed by atoms with Crippen LogP contribution in [0, 0.1) is 11.8 Å². The third-order valence-corrected chi connectivity index (χ3v) is 4.14. The van der Waals surface area contributed by atoms with E-state index in [1.807, 2.05) is 0 Å². The Kier molecular flexibility index (Phi) is 16.3. The highest BCUT2D eigenvalue weighted by atomic mass is 16.5. The maximum Gasteiger partial charge on any atom is 0.0466 e. The SMILES string of the molecule is CC(C)CCCCCCCOCCCCCCCC(C)C. The summed E-state index contributed by atoms with van der Waals surface area (Å²) in [6, 6.07) is 0. The molecule has 21 heavy (non-hydrogen) atoms. The van der Waals surface area contributed by atoms with E-state index in [2.05, 4.69) is 27.7 Å². The van der Waals surface area contributed by atoms with Gasteiger partial charge in [0, 0.05) is 13.2 Å². The van der Waals surface area contributed by atoms with E-state index in [0.29, 0.717) is 0 Å². The van der Waals surface area contributed by atoms with Gasteiger partial charge in [0.05, 0.1) is 0 Å². The molecule has 128 valence electrons. The Morgan fingerprint density at radius 3 is 1.19 bits per heavy atom. The Labute approximate surface area is 135 Å². The fraction of sp³-hybridized carbons (Fsp3) is 1.00. The van der Waals surface area contributed by atoms with Gasteiger partial charge < -0.3 is 4.74 Å². The second-order valence-corrected chi connectivity index (χ2v) is 7.51. The third kappa shape index (κ3) is 20.0. The van der Waals surface area contributed by atoms with Crippen molar-refractivity contribution in [2.24, 2.45) is 11.8 Å². The van der Waals surface area contributed by atoms with Gasteiger partial charge in [0.2, 0.25) is 0 Å². The lowest BCUT2D eigenvalue weighted by Gasteiger charge is -2.06. The molecule has 0 unspecified atom stereocenters. The molecule has 0 heterocycles. The molecule has 0 fully saturated rings.